The van der Waals surface area contributed by atoms with Crippen LogP contribution in [-0.2, 0) is 0 Å². The molecule has 0 saturated heterocycles. The molecule has 0 heterocycles. The molecule has 1 aromatic rings. The number of halogens is 3. The summed E-state index contributed by atoms with van der Waals surface area (Å²) in [5.41, 5.74) is -0.543. The van der Waals surface area contributed by atoms with Crippen LogP contribution >= 0.6 is 11.6 Å². The van der Waals surface area contributed by atoms with Crippen molar-refractivity contribution in [1.29, 1.82) is 0 Å². The van der Waals surface area contributed by atoms with Gasteiger partial charge in [0, 0.05) is 11.6 Å². The molecule has 1 amide bonds. The Balaban J connectivity index is 2.88. The molecule has 0 aliphatic heterocycles. The molecule has 0 bridgehead atoms. The second-order valence-electron chi connectivity index (χ2n) is 3.02. The van der Waals surface area contributed by atoms with Crippen molar-refractivity contribution in [2.45, 2.75) is 6.43 Å². The highest BCUT2D eigenvalue weighted by molar-refractivity contribution is 6.32. The summed E-state index contributed by atoms with van der Waals surface area (Å²) in [5, 5.41) is 12.3. The maximum atomic E-state index is 11.8. The molecular weight excluding hydrogens is 258 g/mol. The molecule has 5 nitrogen and oxygen atoms in total. The van der Waals surface area contributed by atoms with Crippen LogP contribution in [0.25, 0.3) is 0 Å². The van der Waals surface area contributed by atoms with Gasteiger partial charge < -0.3 is 5.32 Å². The van der Waals surface area contributed by atoms with E-state index in [0.29, 0.717) is 0 Å². The molecule has 17 heavy (non-hydrogen) atoms. The van der Waals surface area contributed by atoms with E-state index in [2.05, 4.69) is 0 Å². The first kappa shape index (κ1) is 13.3. The van der Waals surface area contributed by atoms with E-state index in [1.54, 1.807) is 0 Å². The van der Waals surface area contributed by atoms with E-state index in [1.807, 2.05) is 5.32 Å². The second-order valence-corrected chi connectivity index (χ2v) is 3.43. The standard InChI is InChI=1S/C9H7ClF2N2O3/c10-6-2-1-5(3-7(6)14(16)17)9(15)13-4-8(11)12/h1-3,8H,4H2,(H,13,15). The van der Waals surface area contributed by atoms with Crippen LogP contribution in [0.3, 0.4) is 0 Å². The van der Waals surface area contributed by atoms with Crippen molar-refractivity contribution < 1.29 is 18.5 Å². The van der Waals surface area contributed by atoms with E-state index in [1.165, 1.54) is 6.07 Å². The number of nitro groups is 1. The molecule has 1 rings (SSSR count). The van der Waals surface area contributed by atoms with Crippen molar-refractivity contribution in [3.8, 4) is 0 Å². The molecule has 8 heteroatoms. The summed E-state index contributed by atoms with van der Waals surface area (Å²) in [6, 6.07) is 3.32. The monoisotopic (exact) mass is 264 g/mol. The van der Waals surface area contributed by atoms with Gasteiger partial charge in [0.15, 0.2) is 0 Å². The molecule has 0 unspecified atom stereocenters. The van der Waals surface area contributed by atoms with Gasteiger partial charge in [0.2, 0.25) is 0 Å². The lowest BCUT2D eigenvalue weighted by Crippen LogP contribution is -2.28. The summed E-state index contributed by atoms with van der Waals surface area (Å²) in [7, 11) is 0. The average molecular weight is 265 g/mol. The SMILES string of the molecule is O=C(NCC(F)F)c1ccc(Cl)c([N+](=O)[O-])c1. The van der Waals surface area contributed by atoms with E-state index in [0.717, 1.165) is 12.1 Å². The molecule has 0 atom stereocenters. The smallest absolute Gasteiger partial charge is 0.288 e. The number of rotatable bonds is 4. The van der Waals surface area contributed by atoms with Gasteiger partial charge in [-0.2, -0.15) is 0 Å². The third kappa shape index (κ3) is 3.63. The Morgan fingerprint density at radius 3 is 2.71 bits per heavy atom. The minimum Gasteiger partial charge on any atom is -0.346 e. The fraction of sp³-hybridized carbons (Fsp3) is 0.222. The molecule has 0 saturated carbocycles. The van der Waals surface area contributed by atoms with Gasteiger partial charge in [0.1, 0.15) is 5.02 Å². The van der Waals surface area contributed by atoms with Gasteiger partial charge >= 0.3 is 0 Å². The van der Waals surface area contributed by atoms with Gasteiger partial charge in [0.25, 0.3) is 18.0 Å². The highest BCUT2D eigenvalue weighted by Gasteiger charge is 2.16. The van der Waals surface area contributed by atoms with Gasteiger partial charge in [-0.15, -0.1) is 0 Å². The van der Waals surface area contributed by atoms with Crippen LogP contribution in [0.1, 0.15) is 10.4 Å². The van der Waals surface area contributed by atoms with E-state index >= 15 is 0 Å². The number of benzene rings is 1. The molecule has 0 spiro atoms. The Labute approximate surface area is 99.5 Å². The first-order valence-corrected chi connectivity index (χ1v) is 4.80. The number of nitro benzene ring substituents is 1. The number of carbonyl (C=O) groups is 1. The summed E-state index contributed by atoms with van der Waals surface area (Å²) in [5.74, 6) is -0.815. The molecule has 0 radical (unpaired) electrons. The summed E-state index contributed by atoms with van der Waals surface area (Å²) in [6.07, 6.45) is -2.68. The van der Waals surface area contributed by atoms with Crippen molar-refractivity contribution in [3.05, 3.63) is 38.9 Å². The maximum absolute atomic E-state index is 11.8. The number of amides is 1. The summed E-state index contributed by atoms with van der Waals surface area (Å²) in [6.45, 7) is -0.810. The van der Waals surface area contributed by atoms with E-state index in [4.69, 9.17) is 11.6 Å². The number of nitrogens with one attached hydrogen (secondary N) is 1. The average Bonchev–Trinajstić information content (AvgIpc) is 2.26. The van der Waals surface area contributed by atoms with Crippen molar-refractivity contribution in [2.24, 2.45) is 0 Å². The van der Waals surface area contributed by atoms with Crippen LogP contribution in [0.5, 0.6) is 0 Å². The van der Waals surface area contributed by atoms with Gasteiger partial charge in [-0.05, 0) is 12.1 Å². The molecule has 0 aliphatic carbocycles. The zero-order chi connectivity index (χ0) is 13.0. The first-order chi connectivity index (χ1) is 7.91. The van der Waals surface area contributed by atoms with Crippen LogP contribution in [-0.4, -0.2) is 23.8 Å². The predicted octanol–water partition coefficient (Wildman–Crippen LogP) is 2.24. The van der Waals surface area contributed by atoms with Crippen molar-refractivity contribution in [1.82, 2.24) is 5.32 Å². The number of alkyl halides is 2. The van der Waals surface area contributed by atoms with Gasteiger partial charge in [0.05, 0.1) is 11.5 Å². The molecule has 1 N–H and O–H groups in total. The largest absolute Gasteiger partial charge is 0.346 e. The molecule has 0 aliphatic rings. The minimum atomic E-state index is -2.68. The normalized spacial score (nSPS) is 10.4. The molecular formula is C9H7ClF2N2O3. The summed E-state index contributed by atoms with van der Waals surface area (Å²) >= 11 is 5.53. The van der Waals surface area contributed by atoms with Gasteiger partial charge in [-0.1, -0.05) is 11.6 Å². The van der Waals surface area contributed by atoms with Crippen molar-refractivity contribution in [2.75, 3.05) is 6.54 Å². The van der Waals surface area contributed by atoms with Crippen molar-refractivity contribution in [3.63, 3.8) is 0 Å². The molecule has 1 aromatic carbocycles. The highest BCUT2D eigenvalue weighted by atomic mass is 35.5. The highest BCUT2D eigenvalue weighted by Crippen LogP contribution is 2.24. The zero-order valence-corrected chi connectivity index (χ0v) is 9.08. The minimum absolute atomic E-state index is 0.0956. The molecule has 92 valence electrons. The van der Waals surface area contributed by atoms with E-state index < -0.39 is 29.5 Å². The van der Waals surface area contributed by atoms with Crippen LogP contribution in [0.2, 0.25) is 5.02 Å². The van der Waals surface area contributed by atoms with Gasteiger partial charge in [-0.25, -0.2) is 8.78 Å². The van der Waals surface area contributed by atoms with Gasteiger partial charge in [-0.3, -0.25) is 14.9 Å². The summed E-state index contributed by atoms with van der Waals surface area (Å²) in [4.78, 5) is 21.1. The Kier molecular flexibility index (Phi) is 4.33. The van der Waals surface area contributed by atoms with E-state index in [9.17, 15) is 23.7 Å². The number of hydrogen-bond acceptors (Lipinski definition) is 3. The number of nitrogens with zero attached hydrogens (tertiary/aromatic N) is 1. The fourth-order valence-electron chi connectivity index (χ4n) is 1.07. The molecule has 0 fully saturated rings. The van der Waals surface area contributed by atoms with E-state index in [-0.39, 0.29) is 10.6 Å². The lowest BCUT2D eigenvalue weighted by Gasteiger charge is -2.04. The Hall–Kier alpha value is -1.76. The lowest BCUT2D eigenvalue weighted by atomic mass is 10.2. The Bertz CT molecular complexity index is 454. The quantitative estimate of drug-likeness (QED) is 0.669. The maximum Gasteiger partial charge on any atom is 0.288 e. The molecule has 0 aromatic heterocycles. The second kappa shape index (κ2) is 5.53. The third-order valence-corrected chi connectivity index (χ3v) is 2.14. The summed E-state index contributed by atoms with van der Waals surface area (Å²) < 4.78 is 23.7. The Morgan fingerprint density at radius 1 is 1.53 bits per heavy atom. The van der Waals surface area contributed by atoms with Crippen LogP contribution in [0, 0.1) is 10.1 Å². The van der Waals surface area contributed by atoms with Crippen LogP contribution in [0.15, 0.2) is 18.2 Å². The predicted molar refractivity (Wildman–Crippen MR) is 56.4 cm³/mol. The number of carbonyl (C=O) groups excluding carboxylic acids is 1. The first-order valence-electron chi connectivity index (χ1n) is 4.42. The number of hydrogen-bond donors (Lipinski definition) is 1. The van der Waals surface area contributed by atoms with Crippen LogP contribution in [0.4, 0.5) is 14.5 Å². The lowest BCUT2D eigenvalue weighted by molar-refractivity contribution is -0.384. The zero-order valence-electron chi connectivity index (χ0n) is 8.32. The third-order valence-electron chi connectivity index (χ3n) is 1.82. The topological polar surface area (TPSA) is 72.2 Å². The Morgan fingerprint density at radius 2 is 2.18 bits per heavy atom. The van der Waals surface area contributed by atoms with Crippen molar-refractivity contribution >= 4 is 23.2 Å². The fourth-order valence-corrected chi connectivity index (χ4v) is 1.25. The van der Waals surface area contributed by atoms with Crippen LogP contribution < -0.4 is 5.32 Å².